The van der Waals surface area contributed by atoms with Crippen LogP contribution in [0.5, 0.6) is 0 Å². The highest BCUT2D eigenvalue weighted by molar-refractivity contribution is 6.19. The van der Waals surface area contributed by atoms with Crippen LogP contribution in [0.2, 0.25) is 0 Å². The second kappa shape index (κ2) is 13.7. The van der Waals surface area contributed by atoms with E-state index in [1.165, 1.54) is 60.3 Å². The molecule has 306 valence electrons. The molecule has 9 aromatic carbocycles. The van der Waals surface area contributed by atoms with Crippen molar-refractivity contribution in [1.82, 2.24) is 13.7 Å². The highest BCUT2D eigenvalue weighted by Gasteiger charge is 2.38. The zero-order valence-electron chi connectivity index (χ0n) is 35.4. The van der Waals surface area contributed by atoms with Gasteiger partial charge in [-0.25, -0.2) is 0 Å². The van der Waals surface area contributed by atoms with Gasteiger partial charge < -0.3 is 24.3 Å². The number of anilines is 3. The molecule has 0 fully saturated rings. The van der Waals surface area contributed by atoms with Gasteiger partial charge in [-0.15, -0.1) is 0 Å². The van der Waals surface area contributed by atoms with E-state index in [0.29, 0.717) is 5.69 Å². The molecule has 12 aromatic rings. The SMILES string of the molecule is Nc1c(-n2c3ccccc3c3cc4c(cc32)C2C=CC=CC2N4c2ccccc2)cc(-c2ccccc2)cc1-n1c2ccccc2c2cc3c(cc21)c1ccccc1n3-c1ccccc1. The van der Waals surface area contributed by atoms with Gasteiger partial charge in [0.05, 0.1) is 56.2 Å². The molecule has 65 heavy (non-hydrogen) atoms. The van der Waals surface area contributed by atoms with E-state index in [1.54, 1.807) is 0 Å². The number of rotatable bonds is 5. The maximum Gasteiger partial charge on any atom is 0.0804 e. The Morgan fingerprint density at radius 2 is 0.800 bits per heavy atom. The van der Waals surface area contributed by atoms with E-state index in [0.717, 1.165) is 50.3 Å². The van der Waals surface area contributed by atoms with Gasteiger partial charge in [0.15, 0.2) is 0 Å². The van der Waals surface area contributed by atoms with Gasteiger partial charge in [-0.2, -0.15) is 0 Å². The van der Waals surface area contributed by atoms with Crippen molar-refractivity contribution in [2.75, 3.05) is 10.6 Å². The number of aromatic nitrogens is 3. The molecule has 5 nitrogen and oxygen atoms in total. The average molecular weight is 832 g/mol. The summed E-state index contributed by atoms with van der Waals surface area (Å²) in [6, 6.07) is 73.0. The van der Waals surface area contributed by atoms with Crippen LogP contribution < -0.4 is 10.6 Å². The third-order valence-electron chi connectivity index (χ3n) is 14.1. The predicted molar refractivity (Wildman–Crippen MR) is 273 cm³/mol. The number of hydrogen-bond acceptors (Lipinski definition) is 2. The maximum atomic E-state index is 7.80. The summed E-state index contributed by atoms with van der Waals surface area (Å²) in [6.07, 6.45) is 9.10. The number of hydrogen-bond donors (Lipinski definition) is 1. The number of para-hydroxylation sites is 5. The topological polar surface area (TPSA) is 44.0 Å². The number of nitrogens with zero attached hydrogens (tertiary/aromatic N) is 4. The summed E-state index contributed by atoms with van der Waals surface area (Å²) in [7, 11) is 0. The molecule has 1 aliphatic heterocycles. The lowest BCUT2D eigenvalue weighted by Gasteiger charge is -2.28. The van der Waals surface area contributed by atoms with Crippen molar-refractivity contribution in [3.63, 3.8) is 0 Å². The Balaban J connectivity index is 1.08. The van der Waals surface area contributed by atoms with Crippen LogP contribution in [0.3, 0.4) is 0 Å². The van der Waals surface area contributed by atoms with Gasteiger partial charge in [-0.05, 0) is 95.6 Å². The number of allylic oxidation sites excluding steroid dienone is 2. The minimum Gasteiger partial charge on any atom is -0.395 e. The predicted octanol–water partition coefficient (Wildman–Crippen LogP) is 15.0. The van der Waals surface area contributed by atoms with E-state index < -0.39 is 0 Å². The first-order chi connectivity index (χ1) is 32.2. The first kappa shape index (κ1) is 36.0. The molecule has 2 atom stereocenters. The summed E-state index contributed by atoms with van der Waals surface area (Å²) in [4.78, 5) is 2.52. The summed E-state index contributed by atoms with van der Waals surface area (Å²) in [6.45, 7) is 0. The second-order valence-corrected chi connectivity index (χ2v) is 17.5. The summed E-state index contributed by atoms with van der Waals surface area (Å²) >= 11 is 0. The first-order valence-corrected chi connectivity index (χ1v) is 22.5. The van der Waals surface area contributed by atoms with Crippen molar-refractivity contribution < 1.29 is 0 Å². The van der Waals surface area contributed by atoms with Crippen molar-refractivity contribution in [2.45, 2.75) is 12.0 Å². The fourth-order valence-electron chi connectivity index (χ4n) is 11.3. The molecule has 0 spiro atoms. The van der Waals surface area contributed by atoms with Crippen molar-refractivity contribution >= 4 is 82.5 Å². The highest BCUT2D eigenvalue weighted by atomic mass is 15.2. The zero-order valence-corrected chi connectivity index (χ0v) is 35.4. The monoisotopic (exact) mass is 831 g/mol. The van der Waals surface area contributed by atoms with Crippen LogP contribution in [0.15, 0.2) is 224 Å². The van der Waals surface area contributed by atoms with E-state index >= 15 is 0 Å². The summed E-state index contributed by atoms with van der Waals surface area (Å²) in [5.74, 6) is 0.205. The molecule has 5 heteroatoms. The van der Waals surface area contributed by atoms with E-state index in [4.69, 9.17) is 5.73 Å². The molecule has 14 rings (SSSR count). The van der Waals surface area contributed by atoms with Crippen LogP contribution in [0.1, 0.15) is 11.5 Å². The molecular formula is C60H41N5. The molecule has 1 aliphatic carbocycles. The quantitative estimate of drug-likeness (QED) is 0.176. The minimum atomic E-state index is 0.185. The Morgan fingerprint density at radius 1 is 0.338 bits per heavy atom. The standard InChI is InChI=1S/C60H41N5/c61-60-58(64-52-30-16-12-26-44(52)48-34-54-46(36-56(48)64)42-24-10-14-28-50(42)62(54)40-20-6-2-7-21-40)32-39(38-18-4-1-5-19-38)33-59(60)65-53-31-17-13-27-45(53)49-35-55-47(37-57(49)65)43-25-11-15-29-51(43)63(55)41-22-8-3-9-23-41/h1-37,42,50H,61H2. The van der Waals surface area contributed by atoms with E-state index in [-0.39, 0.29) is 12.0 Å². The van der Waals surface area contributed by atoms with Crippen molar-refractivity contribution in [1.29, 1.82) is 0 Å². The number of nitrogens with two attached hydrogens (primary N) is 1. The number of nitrogen functional groups attached to an aromatic ring is 1. The molecule has 4 heterocycles. The summed E-state index contributed by atoms with van der Waals surface area (Å²) in [5, 5.41) is 7.17. The smallest absolute Gasteiger partial charge is 0.0804 e. The van der Waals surface area contributed by atoms with Crippen molar-refractivity contribution in [3.05, 3.63) is 230 Å². The Labute approximate surface area is 375 Å². The Bertz CT molecular complexity index is 3960. The zero-order chi connectivity index (χ0) is 42.8. The fraction of sp³-hybridized carbons (Fsp3) is 0.0333. The lowest BCUT2D eigenvalue weighted by molar-refractivity contribution is 0.745. The van der Waals surface area contributed by atoms with Gasteiger partial charge in [0.2, 0.25) is 0 Å². The van der Waals surface area contributed by atoms with Crippen LogP contribution in [0.4, 0.5) is 17.1 Å². The van der Waals surface area contributed by atoms with Crippen LogP contribution in [0.25, 0.3) is 93.6 Å². The molecule has 0 saturated heterocycles. The largest absolute Gasteiger partial charge is 0.395 e. The molecule has 2 unspecified atom stereocenters. The summed E-state index contributed by atoms with van der Waals surface area (Å²) in [5.41, 5.74) is 24.4. The molecule has 0 bridgehead atoms. The fourth-order valence-corrected chi connectivity index (χ4v) is 11.3. The van der Waals surface area contributed by atoms with E-state index in [9.17, 15) is 0 Å². The Kier molecular flexibility index (Phi) is 7.60. The van der Waals surface area contributed by atoms with Gasteiger partial charge in [0, 0.05) is 55.3 Å². The second-order valence-electron chi connectivity index (χ2n) is 17.5. The molecule has 3 aromatic heterocycles. The first-order valence-electron chi connectivity index (χ1n) is 22.5. The maximum absolute atomic E-state index is 7.80. The normalized spacial score (nSPS) is 15.6. The number of benzene rings is 9. The Morgan fingerprint density at radius 3 is 1.40 bits per heavy atom. The molecule has 2 N–H and O–H groups in total. The average Bonchev–Trinajstić information content (AvgIpc) is 4.08. The van der Waals surface area contributed by atoms with E-state index in [1.807, 2.05) is 0 Å². The molecule has 0 saturated carbocycles. The third-order valence-corrected chi connectivity index (χ3v) is 14.1. The van der Waals surface area contributed by atoms with Crippen LogP contribution in [-0.4, -0.2) is 19.7 Å². The van der Waals surface area contributed by atoms with Gasteiger partial charge in [0.1, 0.15) is 0 Å². The van der Waals surface area contributed by atoms with Gasteiger partial charge in [-0.1, -0.05) is 146 Å². The van der Waals surface area contributed by atoms with Gasteiger partial charge in [-0.3, -0.25) is 0 Å². The lowest BCUT2D eigenvalue weighted by Crippen LogP contribution is -2.28. The van der Waals surface area contributed by atoms with Crippen molar-refractivity contribution in [2.24, 2.45) is 0 Å². The van der Waals surface area contributed by atoms with Crippen LogP contribution in [0, 0.1) is 0 Å². The Hall–Kier alpha value is -8.54. The summed E-state index contributed by atoms with van der Waals surface area (Å²) < 4.78 is 7.24. The number of fused-ring (bicyclic) bond motifs is 12. The van der Waals surface area contributed by atoms with Gasteiger partial charge in [0.25, 0.3) is 0 Å². The van der Waals surface area contributed by atoms with Gasteiger partial charge >= 0.3 is 0 Å². The molecular weight excluding hydrogens is 791 g/mol. The molecule has 0 amide bonds. The molecule has 2 aliphatic rings. The third kappa shape index (κ3) is 5.15. The minimum absolute atomic E-state index is 0.185. The highest BCUT2D eigenvalue weighted by Crippen LogP contribution is 2.51. The van der Waals surface area contributed by atoms with E-state index in [2.05, 4.69) is 243 Å². The lowest BCUT2D eigenvalue weighted by atomic mass is 9.91. The van der Waals surface area contributed by atoms with Crippen LogP contribution in [-0.2, 0) is 0 Å². The van der Waals surface area contributed by atoms with Crippen molar-refractivity contribution in [3.8, 4) is 28.2 Å². The van der Waals surface area contributed by atoms with Crippen LogP contribution >= 0.6 is 0 Å². The molecule has 0 radical (unpaired) electrons.